The molecule has 0 aliphatic rings. The third-order valence-electron chi connectivity index (χ3n) is 12.4. The van der Waals surface area contributed by atoms with E-state index in [0.29, 0.717) is 17.5 Å². The zero-order chi connectivity index (χ0) is 42.0. The average molecular weight is 824 g/mol. The van der Waals surface area contributed by atoms with E-state index >= 15 is 0 Å². The second-order valence-corrected chi connectivity index (χ2v) is 17.2. The molecule has 0 unspecified atom stereocenters. The van der Waals surface area contributed by atoms with Crippen LogP contribution in [0.15, 0.2) is 200 Å². The van der Waals surface area contributed by atoms with Crippen LogP contribution in [0.4, 0.5) is 0 Å². The van der Waals surface area contributed by atoms with Gasteiger partial charge >= 0.3 is 0 Å². The van der Waals surface area contributed by atoms with Gasteiger partial charge in [-0.3, -0.25) is 0 Å². The molecule has 2 heterocycles. The Morgan fingerprint density at radius 1 is 0.365 bits per heavy atom. The van der Waals surface area contributed by atoms with Crippen LogP contribution in [0.25, 0.3) is 120 Å². The van der Waals surface area contributed by atoms with E-state index in [9.17, 15) is 5.11 Å². The zero-order valence-corrected chi connectivity index (χ0v) is 35.1. The molecule has 296 valence electrons. The van der Waals surface area contributed by atoms with E-state index in [2.05, 4.69) is 159 Å². The highest BCUT2D eigenvalue weighted by molar-refractivity contribution is 7.26. The molecule has 0 saturated carbocycles. The molecule has 0 atom stereocenters. The third kappa shape index (κ3) is 6.32. The van der Waals surface area contributed by atoms with Gasteiger partial charge in [0.1, 0.15) is 5.75 Å². The Hall–Kier alpha value is -7.99. The van der Waals surface area contributed by atoms with E-state index < -0.39 is 0 Å². The van der Waals surface area contributed by atoms with Gasteiger partial charge in [-0.1, -0.05) is 170 Å². The maximum Gasteiger partial charge on any atom is 0.164 e. The second-order valence-electron chi connectivity index (χ2n) is 16.1. The van der Waals surface area contributed by atoms with Gasteiger partial charge in [0.15, 0.2) is 17.5 Å². The summed E-state index contributed by atoms with van der Waals surface area (Å²) in [5.74, 6) is 2.13. The van der Waals surface area contributed by atoms with Gasteiger partial charge in [-0.25, -0.2) is 15.0 Å². The minimum Gasteiger partial charge on any atom is -0.507 e. The van der Waals surface area contributed by atoms with Crippen molar-refractivity contribution < 1.29 is 5.11 Å². The molecule has 63 heavy (non-hydrogen) atoms. The fraction of sp³-hybridized carbons (Fsp3) is 0.0172. The summed E-state index contributed by atoms with van der Waals surface area (Å²) in [5, 5.41) is 20.3. The first-order valence-electron chi connectivity index (χ1n) is 21.1. The lowest BCUT2D eigenvalue weighted by Gasteiger charge is -2.14. The highest BCUT2D eigenvalue weighted by Crippen LogP contribution is 2.45. The van der Waals surface area contributed by atoms with E-state index in [1.807, 2.05) is 53.8 Å². The van der Waals surface area contributed by atoms with Crippen molar-refractivity contribution in [3.8, 4) is 73.3 Å². The fourth-order valence-electron chi connectivity index (χ4n) is 9.23. The zero-order valence-electron chi connectivity index (χ0n) is 34.2. The number of para-hydroxylation sites is 1. The largest absolute Gasteiger partial charge is 0.507 e. The summed E-state index contributed by atoms with van der Waals surface area (Å²) in [7, 11) is 0. The summed E-state index contributed by atoms with van der Waals surface area (Å²) >= 11 is 1.83. The maximum absolute atomic E-state index is 10.7. The van der Waals surface area contributed by atoms with Gasteiger partial charge < -0.3 is 5.11 Å². The molecule has 0 aliphatic heterocycles. The number of thiophene rings is 1. The molecule has 5 heteroatoms. The van der Waals surface area contributed by atoms with Gasteiger partial charge in [0.05, 0.1) is 0 Å². The number of phenols is 1. The van der Waals surface area contributed by atoms with Crippen molar-refractivity contribution in [1.29, 1.82) is 0 Å². The topological polar surface area (TPSA) is 58.9 Å². The summed E-state index contributed by atoms with van der Waals surface area (Å²) in [6.07, 6.45) is 0. The van der Waals surface area contributed by atoms with Crippen LogP contribution in [-0.2, 0) is 0 Å². The molecule has 0 radical (unpaired) electrons. The fourth-order valence-corrected chi connectivity index (χ4v) is 10.5. The summed E-state index contributed by atoms with van der Waals surface area (Å²) in [6, 6.07) is 70.0. The average Bonchev–Trinajstić information content (AvgIpc) is 3.73. The van der Waals surface area contributed by atoms with Crippen LogP contribution in [0, 0.1) is 6.92 Å². The first kappa shape index (κ1) is 36.8. The minimum atomic E-state index is 0.270. The lowest BCUT2D eigenvalue weighted by Crippen LogP contribution is -2.00. The van der Waals surface area contributed by atoms with Crippen molar-refractivity contribution in [2.45, 2.75) is 6.92 Å². The van der Waals surface area contributed by atoms with Crippen molar-refractivity contribution in [1.82, 2.24) is 15.0 Å². The van der Waals surface area contributed by atoms with Gasteiger partial charge in [0, 0.05) is 42.4 Å². The number of nitrogens with zero attached hydrogens (tertiary/aromatic N) is 3. The molecule has 4 nitrogen and oxygen atoms in total. The molecule has 10 aromatic carbocycles. The number of benzene rings is 10. The normalized spacial score (nSPS) is 11.6. The van der Waals surface area contributed by atoms with Crippen molar-refractivity contribution in [2.24, 2.45) is 0 Å². The number of aromatic nitrogens is 3. The Morgan fingerprint density at radius 2 is 0.921 bits per heavy atom. The molecular weight excluding hydrogens is 787 g/mol. The van der Waals surface area contributed by atoms with Crippen LogP contribution in [-0.4, -0.2) is 20.1 Å². The molecule has 0 saturated heterocycles. The SMILES string of the molecule is Cc1c(-c2ccc(-c3nc(-c4ccccc4)nc(-c4cc5ccccc5c5sc6ccc(-c7ccc8ccc9ccccc9c8c7)cc6c45)n3)cc2)cccc1-c1ccccc1O. The number of phenolic OH excluding ortho intramolecular Hbond substituents is 1. The molecule has 0 fully saturated rings. The van der Waals surface area contributed by atoms with Gasteiger partial charge in [-0.15, -0.1) is 11.3 Å². The predicted octanol–water partition coefficient (Wildman–Crippen LogP) is 15.7. The lowest BCUT2D eigenvalue weighted by molar-refractivity contribution is 0.477. The number of fused-ring (bicyclic) bond motifs is 8. The number of aromatic hydroxyl groups is 1. The Balaban J connectivity index is 1.03. The van der Waals surface area contributed by atoms with Crippen LogP contribution in [0.3, 0.4) is 0 Å². The Kier molecular flexibility index (Phi) is 8.70. The van der Waals surface area contributed by atoms with Gasteiger partial charge in [0.25, 0.3) is 0 Å². The Morgan fingerprint density at radius 3 is 1.71 bits per heavy atom. The van der Waals surface area contributed by atoms with E-state index in [-0.39, 0.29) is 5.75 Å². The number of hydrogen-bond acceptors (Lipinski definition) is 5. The summed E-state index contributed by atoms with van der Waals surface area (Å²) in [4.78, 5) is 15.7. The summed E-state index contributed by atoms with van der Waals surface area (Å²) in [6.45, 7) is 2.11. The van der Waals surface area contributed by atoms with Crippen molar-refractivity contribution in [3.63, 3.8) is 0 Å². The molecule has 0 bridgehead atoms. The first-order chi connectivity index (χ1) is 31.0. The molecule has 2 aromatic heterocycles. The van der Waals surface area contributed by atoms with Crippen molar-refractivity contribution >= 4 is 63.8 Å². The molecule has 1 N–H and O–H groups in total. The first-order valence-corrected chi connectivity index (χ1v) is 22.0. The smallest absolute Gasteiger partial charge is 0.164 e. The standard InChI is InChI=1S/C58H37N3OS/c1-35-44(19-11-20-45(35)48-18-9-10-21-52(48)62)37-24-27-40(28-25-37)57-59-56(39-13-3-2-4-14-39)60-58(61-57)51-34-43-15-6-8-17-47(43)55-54(51)50-33-42(30-31-53(50)63-55)41-29-26-38-23-22-36-12-5-7-16-46(36)49(38)32-41/h2-34,62H,1H3. The van der Waals surface area contributed by atoms with E-state index in [4.69, 9.17) is 15.0 Å². The number of hydrogen-bond donors (Lipinski definition) is 1. The number of rotatable bonds is 6. The maximum atomic E-state index is 10.7. The van der Waals surface area contributed by atoms with Crippen LogP contribution in [0.2, 0.25) is 0 Å². The van der Waals surface area contributed by atoms with Gasteiger partial charge in [-0.2, -0.15) is 0 Å². The van der Waals surface area contributed by atoms with Crippen molar-refractivity contribution in [2.75, 3.05) is 0 Å². The molecule has 0 aliphatic carbocycles. The van der Waals surface area contributed by atoms with E-state index in [1.54, 1.807) is 6.07 Å². The predicted molar refractivity (Wildman–Crippen MR) is 264 cm³/mol. The molecule has 0 spiro atoms. The Bertz CT molecular complexity index is 3760. The highest BCUT2D eigenvalue weighted by atomic mass is 32.1. The van der Waals surface area contributed by atoms with Gasteiger partial charge in [-0.05, 0) is 103 Å². The highest BCUT2D eigenvalue weighted by Gasteiger charge is 2.20. The monoisotopic (exact) mass is 823 g/mol. The lowest BCUT2D eigenvalue weighted by atomic mass is 9.92. The van der Waals surface area contributed by atoms with Crippen LogP contribution in [0.5, 0.6) is 5.75 Å². The quantitative estimate of drug-likeness (QED) is 0.170. The van der Waals surface area contributed by atoms with Crippen LogP contribution in [0.1, 0.15) is 5.56 Å². The molecule has 12 rings (SSSR count). The van der Waals surface area contributed by atoms with E-state index in [1.165, 1.54) is 52.8 Å². The Labute approximate surface area is 368 Å². The second kappa shape index (κ2) is 14.9. The van der Waals surface area contributed by atoms with Crippen LogP contribution < -0.4 is 0 Å². The van der Waals surface area contributed by atoms with Crippen molar-refractivity contribution in [3.05, 3.63) is 206 Å². The molecular formula is C58H37N3OS. The van der Waals surface area contributed by atoms with Crippen LogP contribution >= 0.6 is 11.3 Å². The molecule has 0 amide bonds. The minimum absolute atomic E-state index is 0.270. The third-order valence-corrected chi connectivity index (χ3v) is 13.6. The summed E-state index contributed by atoms with van der Waals surface area (Å²) in [5.41, 5.74) is 10.2. The van der Waals surface area contributed by atoms with Gasteiger partial charge in [0.2, 0.25) is 0 Å². The summed E-state index contributed by atoms with van der Waals surface area (Å²) < 4.78 is 2.43. The molecule has 12 aromatic rings. The van der Waals surface area contributed by atoms with E-state index in [0.717, 1.165) is 55.3 Å².